The van der Waals surface area contributed by atoms with Gasteiger partial charge in [-0.05, 0) is 34.6 Å². The number of anilines is 1. The van der Waals surface area contributed by atoms with Crippen LogP contribution >= 0.6 is 0 Å². The third-order valence-corrected chi connectivity index (χ3v) is 2.95. The SMILES string of the molecule is CC(C)n1cc(NCc2cnn(C(C)(C)C)c2)cn1. The van der Waals surface area contributed by atoms with Crippen molar-refractivity contribution >= 4 is 5.69 Å². The van der Waals surface area contributed by atoms with E-state index in [0.717, 1.165) is 12.2 Å². The zero-order chi connectivity index (χ0) is 14.0. The molecule has 0 unspecified atom stereocenters. The van der Waals surface area contributed by atoms with Crippen molar-refractivity contribution in [3.05, 3.63) is 30.4 Å². The maximum absolute atomic E-state index is 4.39. The fraction of sp³-hybridized carbons (Fsp3) is 0.571. The first-order valence-corrected chi connectivity index (χ1v) is 6.68. The van der Waals surface area contributed by atoms with E-state index in [1.54, 1.807) is 0 Å². The van der Waals surface area contributed by atoms with Gasteiger partial charge in [-0.1, -0.05) is 0 Å². The Morgan fingerprint density at radius 1 is 1.16 bits per heavy atom. The summed E-state index contributed by atoms with van der Waals surface area (Å²) < 4.78 is 3.93. The van der Waals surface area contributed by atoms with Crippen LogP contribution in [0.4, 0.5) is 5.69 Å². The maximum atomic E-state index is 4.39. The highest BCUT2D eigenvalue weighted by Gasteiger charge is 2.13. The Labute approximate surface area is 114 Å². The van der Waals surface area contributed by atoms with Crippen LogP contribution in [0.15, 0.2) is 24.8 Å². The van der Waals surface area contributed by atoms with E-state index in [1.807, 2.05) is 28.0 Å². The maximum Gasteiger partial charge on any atom is 0.0729 e. The molecule has 19 heavy (non-hydrogen) atoms. The second-order valence-corrected chi connectivity index (χ2v) is 6.12. The number of rotatable bonds is 4. The van der Waals surface area contributed by atoms with Gasteiger partial charge in [-0.15, -0.1) is 0 Å². The highest BCUT2D eigenvalue weighted by molar-refractivity contribution is 5.38. The Bertz CT molecular complexity index is 530. The Hall–Kier alpha value is -1.78. The first-order chi connectivity index (χ1) is 8.86. The van der Waals surface area contributed by atoms with E-state index in [4.69, 9.17) is 0 Å². The van der Waals surface area contributed by atoms with Crippen molar-refractivity contribution in [3.63, 3.8) is 0 Å². The van der Waals surface area contributed by atoms with Gasteiger partial charge in [0.25, 0.3) is 0 Å². The lowest BCUT2D eigenvalue weighted by Gasteiger charge is -2.18. The molecule has 0 saturated carbocycles. The van der Waals surface area contributed by atoms with Gasteiger partial charge in [0.15, 0.2) is 0 Å². The third kappa shape index (κ3) is 3.36. The number of nitrogens with one attached hydrogen (secondary N) is 1. The summed E-state index contributed by atoms with van der Waals surface area (Å²) in [5, 5.41) is 12.1. The molecule has 0 fully saturated rings. The minimum atomic E-state index is 0.0285. The largest absolute Gasteiger partial charge is 0.378 e. The second kappa shape index (κ2) is 5.07. The standard InChI is InChI=1S/C14H23N5/c1-11(2)18-10-13(8-16-18)15-6-12-7-17-19(9-12)14(3,4)5/h7-11,15H,6H2,1-5H3. The van der Waals surface area contributed by atoms with Crippen LogP contribution in [0.5, 0.6) is 0 Å². The van der Waals surface area contributed by atoms with E-state index in [1.165, 1.54) is 5.56 Å². The number of nitrogens with zero attached hydrogens (tertiary/aromatic N) is 4. The fourth-order valence-corrected chi connectivity index (χ4v) is 1.73. The summed E-state index contributed by atoms with van der Waals surface area (Å²) in [4.78, 5) is 0. The van der Waals surface area contributed by atoms with Crippen LogP contribution in [0.3, 0.4) is 0 Å². The lowest BCUT2D eigenvalue weighted by Crippen LogP contribution is -2.21. The molecule has 0 radical (unpaired) electrons. The third-order valence-electron chi connectivity index (χ3n) is 2.95. The minimum Gasteiger partial charge on any atom is -0.378 e. The van der Waals surface area contributed by atoms with Crippen molar-refractivity contribution in [2.75, 3.05) is 5.32 Å². The first-order valence-electron chi connectivity index (χ1n) is 6.68. The monoisotopic (exact) mass is 261 g/mol. The molecule has 5 heteroatoms. The molecule has 0 bridgehead atoms. The molecule has 5 nitrogen and oxygen atoms in total. The molecule has 0 saturated heterocycles. The topological polar surface area (TPSA) is 47.7 Å². The van der Waals surface area contributed by atoms with Gasteiger partial charge in [0.2, 0.25) is 0 Å². The summed E-state index contributed by atoms with van der Waals surface area (Å²) in [6.07, 6.45) is 7.87. The Morgan fingerprint density at radius 2 is 1.89 bits per heavy atom. The molecule has 0 spiro atoms. The lowest BCUT2D eigenvalue weighted by molar-refractivity contribution is 0.355. The minimum absolute atomic E-state index is 0.0285. The van der Waals surface area contributed by atoms with Crippen LogP contribution in [-0.2, 0) is 12.1 Å². The van der Waals surface area contributed by atoms with Crippen molar-refractivity contribution in [2.45, 2.75) is 52.7 Å². The van der Waals surface area contributed by atoms with Crippen LogP contribution < -0.4 is 5.32 Å². The average molecular weight is 261 g/mol. The highest BCUT2D eigenvalue weighted by Crippen LogP contribution is 2.15. The van der Waals surface area contributed by atoms with E-state index in [2.05, 4.69) is 56.3 Å². The Balaban J connectivity index is 1.96. The van der Waals surface area contributed by atoms with E-state index >= 15 is 0 Å². The number of aromatic nitrogens is 4. The van der Waals surface area contributed by atoms with Crippen molar-refractivity contribution in [1.29, 1.82) is 0 Å². The molecule has 0 aliphatic rings. The first kappa shape index (κ1) is 13.6. The summed E-state index contributed by atoms with van der Waals surface area (Å²) in [5.41, 5.74) is 2.24. The molecule has 0 amide bonds. The van der Waals surface area contributed by atoms with Crippen molar-refractivity contribution in [1.82, 2.24) is 19.6 Å². The van der Waals surface area contributed by atoms with E-state index in [9.17, 15) is 0 Å². The fourth-order valence-electron chi connectivity index (χ4n) is 1.73. The average Bonchev–Trinajstić information content (AvgIpc) is 2.95. The zero-order valence-corrected chi connectivity index (χ0v) is 12.4. The van der Waals surface area contributed by atoms with Crippen LogP contribution in [0.2, 0.25) is 0 Å². The molecule has 2 aromatic heterocycles. The number of hydrogen-bond acceptors (Lipinski definition) is 3. The zero-order valence-electron chi connectivity index (χ0n) is 12.4. The van der Waals surface area contributed by atoms with Crippen LogP contribution in [0.1, 0.15) is 46.2 Å². The van der Waals surface area contributed by atoms with E-state index in [0.29, 0.717) is 6.04 Å². The lowest BCUT2D eigenvalue weighted by atomic mass is 10.1. The quantitative estimate of drug-likeness (QED) is 0.920. The predicted octanol–water partition coefficient (Wildman–Crippen LogP) is 3.03. The van der Waals surface area contributed by atoms with Crippen LogP contribution in [0.25, 0.3) is 0 Å². The second-order valence-electron chi connectivity index (χ2n) is 6.12. The van der Waals surface area contributed by atoms with Gasteiger partial charge < -0.3 is 5.32 Å². The van der Waals surface area contributed by atoms with Gasteiger partial charge in [-0.25, -0.2) is 0 Å². The molecular formula is C14H23N5. The predicted molar refractivity (Wildman–Crippen MR) is 77.2 cm³/mol. The van der Waals surface area contributed by atoms with Crippen LogP contribution in [0, 0.1) is 0 Å². The molecule has 2 aromatic rings. The molecule has 1 N–H and O–H groups in total. The van der Waals surface area contributed by atoms with Gasteiger partial charge in [0.1, 0.15) is 0 Å². The molecule has 0 aromatic carbocycles. The molecule has 0 atom stereocenters. The summed E-state index contributed by atoms with van der Waals surface area (Å²) in [6.45, 7) is 11.4. The molecular weight excluding hydrogens is 238 g/mol. The molecule has 2 rings (SSSR count). The summed E-state index contributed by atoms with van der Waals surface area (Å²) >= 11 is 0. The smallest absolute Gasteiger partial charge is 0.0729 e. The highest BCUT2D eigenvalue weighted by atomic mass is 15.3. The molecule has 2 heterocycles. The Morgan fingerprint density at radius 3 is 2.42 bits per heavy atom. The van der Waals surface area contributed by atoms with E-state index in [-0.39, 0.29) is 5.54 Å². The van der Waals surface area contributed by atoms with Gasteiger partial charge in [0, 0.05) is 30.5 Å². The van der Waals surface area contributed by atoms with Crippen molar-refractivity contribution < 1.29 is 0 Å². The van der Waals surface area contributed by atoms with Crippen molar-refractivity contribution in [2.24, 2.45) is 0 Å². The summed E-state index contributed by atoms with van der Waals surface area (Å²) in [5.74, 6) is 0. The normalized spacial score (nSPS) is 12.1. The summed E-state index contributed by atoms with van der Waals surface area (Å²) in [7, 11) is 0. The van der Waals surface area contributed by atoms with Gasteiger partial charge in [-0.3, -0.25) is 9.36 Å². The van der Waals surface area contributed by atoms with Gasteiger partial charge >= 0.3 is 0 Å². The Kier molecular flexibility index (Phi) is 3.64. The van der Waals surface area contributed by atoms with Crippen LogP contribution in [-0.4, -0.2) is 19.6 Å². The molecule has 0 aliphatic heterocycles. The number of hydrogen-bond donors (Lipinski definition) is 1. The molecule has 0 aliphatic carbocycles. The summed E-state index contributed by atoms with van der Waals surface area (Å²) in [6, 6.07) is 0.388. The molecule has 104 valence electrons. The van der Waals surface area contributed by atoms with Crippen molar-refractivity contribution in [3.8, 4) is 0 Å². The van der Waals surface area contributed by atoms with Gasteiger partial charge in [-0.2, -0.15) is 10.2 Å². The van der Waals surface area contributed by atoms with Gasteiger partial charge in [0.05, 0.1) is 23.6 Å². The van der Waals surface area contributed by atoms with E-state index < -0.39 is 0 Å².